The lowest BCUT2D eigenvalue weighted by molar-refractivity contribution is 0.207. The quantitative estimate of drug-likeness (QED) is 0.703. The molecular weight excluding hydrogens is 374 g/mol. The number of aromatic nitrogens is 2. The number of para-hydroxylation sites is 1. The van der Waals surface area contributed by atoms with Crippen LogP contribution in [0.2, 0.25) is 0 Å². The molecule has 0 fully saturated rings. The lowest BCUT2D eigenvalue weighted by atomic mass is 10.2. The summed E-state index contributed by atoms with van der Waals surface area (Å²) in [5.74, 6) is 0.714. The summed E-state index contributed by atoms with van der Waals surface area (Å²) in [4.78, 5) is 23.4. The first-order valence-electron chi connectivity index (χ1n) is 7.55. The van der Waals surface area contributed by atoms with E-state index in [1.54, 1.807) is 17.4 Å². The number of benzene rings is 1. The molecule has 6 heteroatoms. The molecule has 0 spiro atoms. The highest BCUT2D eigenvalue weighted by Crippen LogP contribution is 2.26. The molecule has 0 bridgehead atoms. The van der Waals surface area contributed by atoms with E-state index in [0.29, 0.717) is 11.2 Å². The Morgan fingerprint density at radius 1 is 1.30 bits per heavy atom. The summed E-state index contributed by atoms with van der Waals surface area (Å²) in [5.41, 5.74) is 0.667. The molecule has 1 aromatic carbocycles. The van der Waals surface area contributed by atoms with Crippen LogP contribution in [0.1, 0.15) is 30.6 Å². The Labute approximate surface area is 147 Å². The van der Waals surface area contributed by atoms with Gasteiger partial charge in [-0.3, -0.25) is 9.69 Å². The standard InChI is InChI=1S/C17H18BrN3OS/c1-3-21(10-12-8-9-15(18)23-12)11(2)16-19-14-7-5-4-6-13(14)17(22)20-16/h4-9,11H,3,10H2,1-2H3,(H,19,20,22)/t11-/m1/s1. The maximum atomic E-state index is 12.3. The van der Waals surface area contributed by atoms with E-state index in [1.807, 2.05) is 18.2 Å². The number of aromatic amines is 1. The van der Waals surface area contributed by atoms with E-state index < -0.39 is 0 Å². The maximum absolute atomic E-state index is 12.3. The summed E-state index contributed by atoms with van der Waals surface area (Å²) < 4.78 is 1.13. The average molecular weight is 392 g/mol. The van der Waals surface area contributed by atoms with E-state index in [9.17, 15) is 4.79 Å². The molecule has 4 nitrogen and oxygen atoms in total. The molecule has 3 rings (SSSR count). The molecule has 0 saturated heterocycles. The summed E-state index contributed by atoms with van der Waals surface area (Å²) >= 11 is 5.24. The predicted octanol–water partition coefficient (Wildman–Crippen LogP) is 4.33. The van der Waals surface area contributed by atoms with Gasteiger partial charge in [-0.2, -0.15) is 0 Å². The first kappa shape index (κ1) is 16.4. The highest BCUT2D eigenvalue weighted by atomic mass is 79.9. The Kier molecular flexibility index (Phi) is 4.94. The number of hydrogen-bond donors (Lipinski definition) is 1. The van der Waals surface area contributed by atoms with Gasteiger partial charge >= 0.3 is 0 Å². The zero-order valence-electron chi connectivity index (χ0n) is 13.0. The lowest BCUT2D eigenvalue weighted by Gasteiger charge is -2.26. The van der Waals surface area contributed by atoms with Crippen molar-refractivity contribution in [2.45, 2.75) is 26.4 Å². The number of fused-ring (bicyclic) bond motifs is 1. The van der Waals surface area contributed by atoms with Gasteiger partial charge in [0, 0.05) is 11.4 Å². The zero-order chi connectivity index (χ0) is 16.4. The third-order valence-electron chi connectivity index (χ3n) is 3.97. The van der Waals surface area contributed by atoms with Crippen LogP contribution in [0.15, 0.2) is 45.0 Å². The van der Waals surface area contributed by atoms with Gasteiger partial charge in [-0.25, -0.2) is 4.98 Å². The number of nitrogens with zero attached hydrogens (tertiary/aromatic N) is 2. The third-order valence-corrected chi connectivity index (χ3v) is 5.58. The van der Waals surface area contributed by atoms with Crippen LogP contribution in [0.3, 0.4) is 0 Å². The highest BCUT2D eigenvalue weighted by molar-refractivity contribution is 9.11. The fourth-order valence-electron chi connectivity index (χ4n) is 2.63. The second-order valence-electron chi connectivity index (χ2n) is 5.41. The third kappa shape index (κ3) is 3.54. The monoisotopic (exact) mass is 391 g/mol. The minimum Gasteiger partial charge on any atom is -0.309 e. The van der Waals surface area contributed by atoms with Gasteiger partial charge in [0.2, 0.25) is 0 Å². The highest BCUT2D eigenvalue weighted by Gasteiger charge is 2.18. The molecule has 0 unspecified atom stereocenters. The van der Waals surface area contributed by atoms with E-state index in [2.05, 4.69) is 56.8 Å². The van der Waals surface area contributed by atoms with E-state index in [0.717, 1.165) is 22.4 Å². The molecule has 1 atom stereocenters. The minimum absolute atomic E-state index is 0.0400. The van der Waals surface area contributed by atoms with Crippen LogP contribution < -0.4 is 5.56 Å². The second-order valence-corrected chi connectivity index (χ2v) is 7.96. The molecule has 2 aromatic heterocycles. The van der Waals surface area contributed by atoms with Crippen LogP contribution in [0, 0.1) is 0 Å². The van der Waals surface area contributed by atoms with Crippen LogP contribution in [0.25, 0.3) is 10.9 Å². The molecule has 0 amide bonds. The summed E-state index contributed by atoms with van der Waals surface area (Å²) in [7, 11) is 0. The normalized spacial score (nSPS) is 12.9. The molecule has 0 radical (unpaired) electrons. The van der Waals surface area contributed by atoms with Gasteiger partial charge in [-0.1, -0.05) is 19.1 Å². The lowest BCUT2D eigenvalue weighted by Crippen LogP contribution is -2.29. The van der Waals surface area contributed by atoms with E-state index >= 15 is 0 Å². The number of hydrogen-bond acceptors (Lipinski definition) is 4. The summed E-state index contributed by atoms with van der Waals surface area (Å²) in [5, 5.41) is 0.633. The van der Waals surface area contributed by atoms with Crippen LogP contribution >= 0.6 is 27.3 Å². The number of H-pyrrole nitrogens is 1. The Morgan fingerprint density at radius 2 is 2.09 bits per heavy atom. The number of thiophene rings is 1. The number of rotatable bonds is 5. The van der Waals surface area contributed by atoms with Crippen LogP contribution in [0.5, 0.6) is 0 Å². The van der Waals surface area contributed by atoms with Crippen LogP contribution in [0.4, 0.5) is 0 Å². The largest absolute Gasteiger partial charge is 0.309 e. The SMILES string of the molecule is CCN(Cc1ccc(Br)s1)[C@H](C)c1nc2ccccc2c(=O)[nH]1. The van der Waals surface area contributed by atoms with E-state index in [-0.39, 0.29) is 11.6 Å². The van der Waals surface area contributed by atoms with Crippen molar-refractivity contribution in [3.05, 3.63) is 61.2 Å². The first-order valence-corrected chi connectivity index (χ1v) is 9.16. The molecule has 0 aliphatic heterocycles. The van der Waals surface area contributed by atoms with Crippen molar-refractivity contribution in [1.29, 1.82) is 0 Å². The van der Waals surface area contributed by atoms with Crippen molar-refractivity contribution in [3.63, 3.8) is 0 Å². The van der Waals surface area contributed by atoms with Crippen molar-refractivity contribution in [3.8, 4) is 0 Å². The van der Waals surface area contributed by atoms with Crippen LogP contribution in [-0.4, -0.2) is 21.4 Å². The van der Waals surface area contributed by atoms with E-state index in [1.165, 1.54) is 4.88 Å². The fourth-order valence-corrected chi connectivity index (χ4v) is 4.14. The van der Waals surface area contributed by atoms with Crippen molar-refractivity contribution in [2.75, 3.05) is 6.54 Å². The molecule has 120 valence electrons. The van der Waals surface area contributed by atoms with Gasteiger partial charge in [0.1, 0.15) is 5.82 Å². The Bertz CT molecular complexity index is 873. The number of nitrogens with one attached hydrogen (secondary N) is 1. The molecule has 1 N–H and O–H groups in total. The van der Waals surface area contributed by atoms with Gasteiger partial charge in [0.05, 0.1) is 20.7 Å². The summed E-state index contributed by atoms with van der Waals surface area (Å²) in [6.45, 7) is 5.93. The molecule has 0 aliphatic rings. The first-order chi connectivity index (χ1) is 11.1. The smallest absolute Gasteiger partial charge is 0.258 e. The predicted molar refractivity (Wildman–Crippen MR) is 98.9 cm³/mol. The van der Waals surface area contributed by atoms with Gasteiger partial charge in [0.15, 0.2) is 0 Å². The molecule has 3 aromatic rings. The minimum atomic E-state index is -0.0765. The number of halogens is 1. The van der Waals surface area contributed by atoms with Crippen molar-refractivity contribution in [2.24, 2.45) is 0 Å². The molecule has 0 aliphatic carbocycles. The van der Waals surface area contributed by atoms with Gasteiger partial charge in [0.25, 0.3) is 5.56 Å². The topological polar surface area (TPSA) is 49.0 Å². The van der Waals surface area contributed by atoms with Gasteiger partial charge in [-0.15, -0.1) is 11.3 Å². The molecule has 2 heterocycles. The Hall–Kier alpha value is -1.50. The fraction of sp³-hybridized carbons (Fsp3) is 0.294. The van der Waals surface area contributed by atoms with Gasteiger partial charge in [-0.05, 0) is 53.7 Å². The molecule has 23 heavy (non-hydrogen) atoms. The van der Waals surface area contributed by atoms with Crippen molar-refractivity contribution in [1.82, 2.24) is 14.9 Å². The molecule has 0 saturated carbocycles. The van der Waals surface area contributed by atoms with Crippen LogP contribution in [-0.2, 0) is 6.54 Å². The maximum Gasteiger partial charge on any atom is 0.258 e. The second kappa shape index (κ2) is 6.95. The Morgan fingerprint density at radius 3 is 2.78 bits per heavy atom. The zero-order valence-corrected chi connectivity index (χ0v) is 15.4. The average Bonchev–Trinajstić information content (AvgIpc) is 2.97. The summed E-state index contributed by atoms with van der Waals surface area (Å²) in [6, 6.07) is 11.7. The van der Waals surface area contributed by atoms with Crippen molar-refractivity contribution < 1.29 is 0 Å². The van der Waals surface area contributed by atoms with Crippen molar-refractivity contribution >= 4 is 38.2 Å². The molecular formula is C17H18BrN3OS. The summed E-state index contributed by atoms with van der Waals surface area (Å²) in [6.07, 6.45) is 0. The van der Waals surface area contributed by atoms with E-state index in [4.69, 9.17) is 0 Å². The Balaban J connectivity index is 1.91. The van der Waals surface area contributed by atoms with Gasteiger partial charge < -0.3 is 4.98 Å².